The first-order valence-electron chi connectivity index (χ1n) is 8.61. The van der Waals surface area contributed by atoms with Crippen molar-refractivity contribution < 1.29 is 9.59 Å². The van der Waals surface area contributed by atoms with Crippen molar-refractivity contribution >= 4 is 11.8 Å². The van der Waals surface area contributed by atoms with Crippen LogP contribution in [-0.2, 0) is 16.1 Å². The highest BCUT2D eigenvalue weighted by Gasteiger charge is 2.28. The monoisotopic (exact) mass is 357 g/mol. The predicted molar refractivity (Wildman–Crippen MR) is 94.4 cm³/mol. The zero-order chi connectivity index (χ0) is 18.5. The van der Waals surface area contributed by atoms with Crippen molar-refractivity contribution in [2.24, 2.45) is 11.7 Å². The zero-order valence-electron chi connectivity index (χ0n) is 14.8. The summed E-state index contributed by atoms with van der Waals surface area (Å²) in [5.41, 5.74) is 7.11. The molecule has 0 spiro atoms. The Hall–Kier alpha value is -2.81. The smallest absolute Gasteiger partial charge is 0.231 e. The molecular formula is C17H23N7O2. The van der Waals surface area contributed by atoms with Gasteiger partial charge in [0.05, 0.1) is 12.5 Å². The van der Waals surface area contributed by atoms with E-state index in [9.17, 15) is 9.59 Å². The van der Waals surface area contributed by atoms with Crippen LogP contribution in [0.2, 0.25) is 0 Å². The summed E-state index contributed by atoms with van der Waals surface area (Å²) in [7, 11) is 1.80. The van der Waals surface area contributed by atoms with Crippen LogP contribution in [0.25, 0.3) is 11.4 Å². The number of carbonyl (C=O) groups is 2. The number of H-pyrrole nitrogens is 1. The first-order chi connectivity index (χ1) is 12.5. The van der Waals surface area contributed by atoms with Crippen LogP contribution in [0.15, 0.2) is 24.3 Å². The van der Waals surface area contributed by atoms with Gasteiger partial charge in [-0.15, -0.1) is 10.2 Å². The molecule has 0 aliphatic carbocycles. The van der Waals surface area contributed by atoms with Crippen LogP contribution in [0.3, 0.4) is 0 Å². The molecule has 26 heavy (non-hydrogen) atoms. The number of tetrazole rings is 1. The highest BCUT2D eigenvalue weighted by atomic mass is 16.2. The Kier molecular flexibility index (Phi) is 5.57. The normalized spacial score (nSPS) is 17.8. The van der Waals surface area contributed by atoms with E-state index in [0.29, 0.717) is 18.9 Å². The minimum absolute atomic E-state index is 0.0872. The number of rotatable bonds is 6. The second-order valence-electron chi connectivity index (χ2n) is 6.67. The zero-order valence-corrected chi connectivity index (χ0v) is 14.8. The summed E-state index contributed by atoms with van der Waals surface area (Å²) in [4.78, 5) is 27.6. The molecular weight excluding hydrogens is 334 g/mol. The van der Waals surface area contributed by atoms with Gasteiger partial charge >= 0.3 is 0 Å². The van der Waals surface area contributed by atoms with E-state index in [1.807, 2.05) is 29.2 Å². The molecule has 0 bridgehead atoms. The van der Waals surface area contributed by atoms with E-state index in [-0.39, 0.29) is 24.3 Å². The Morgan fingerprint density at radius 2 is 2.27 bits per heavy atom. The standard InChI is InChI=1S/C17H23N7O2/c1-23(17(26)14-6-3-7-24(10-14)11-15(18)25)9-12-4-2-5-13(8-12)16-19-21-22-20-16/h2,4-5,8,14H,3,6-7,9-11H2,1H3,(H2,18,25)(H,19,20,21,22)/t14-/m1/s1. The number of hydrogen-bond donors (Lipinski definition) is 2. The van der Waals surface area contributed by atoms with Crippen molar-refractivity contribution in [1.82, 2.24) is 30.4 Å². The molecule has 1 aliphatic rings. The van der Waals surface area contributed by atoms with Crippen molar-refractivity contribution in [1.29, 1.82) is 0 Å². The SMILES string of the molecule is CN(Cc1cccc(-c2nn[nH]n2)c1)C(=O)[C@@H]1CCCN(CC(N)=O)C1. The number of nitrogens with one attached hydrogen (secondary N) is 1. The molecule has 9 heteroatoms. The number of hydrogen-bond acceptors (Lipinski definition) is 6. The fourth-order valence-corrected chi connectivity index (χ4v) is 3.38. The third-order valence-electron chi connectivity index (χ3n) is 4.56. The molecule has 1 aliphatic heterocycles. The molecule has 2 amide bonds. The Labute approximate surface area is 151 Å². The van der Waals surface area contributed by atoms with Crippen molar-refractivity contribution in [2.45, 2.75) is 19.4 Å². The maximum absolute atomic E-state index is 12.8. The van der Waals surface area contributed by atoms with Crippen molar-refractivity contribution in [3.8, 4) is 11.4 Å². The first kappa shape index (κ1) is 18.0. The van der Waals surface area contributed by atoms with E-state index >= 15 is 0 Å². The van der Waals surface area contributed by atoms with Crippen LogP contribution in [0.1, 0.15) is 18.4 Å². The lowest BCUT2D eigenvalue weighted by Gasteiger charge is -2.33. The third kappa shape index (κ3) is 4.42. The number of nitrogens with two attached hydrogens (primary N) is 1. The maximum atomic E-state index is 12.8. The van der Waals surface area contributed by atoms with Crippen LogP contribution in [0, 0.1) is 5.92 Å². The molecule has 9 nitrogen and oxygen atoms in total. The van der Waals surface area contributed by atoms with Gasteiger partial charge in [-0.2, -0.15) is 5.21 Å². The number of nitrogens with zero attached hydrogens (tertiary/aromatic N) is 5. The van der Waals surface area contributed by atoms with E-state index in [1.165, 1.54) is 0 Å². The highest BCUT2D eigenvalue weighted by Crippen LogP contribution is 2.20. The van der Waals surface area contributed by atoms with Gasteiger partial charge in [-0.25, -0.2) is 0 Å². The number of carbonyl (C=O) groups excluding carboxylic acids is 2. The molecule has 1 fully saturated rings. The van der Waals surface area contributed by atoms with E-state index < -0.39 is 0 Å². The van der Waals surface area contributed by atoms with Crippen LogP contribution in [0.4, 0.5) is 0 Å². The Morgan fingerprint density at radius 1 is 1.42 bits per heavy atom. The summed E-state index contributed by atoms with van der Waals surface area (Å²) < 4.78 is 0. The Bertz CT molecular complexity index is 762. The third-order valence-corrected chi connectivity index (χ3v) is 4.56. The molecule has 2 aromatic rings. The highest BCUT2D eigenvalue weighted by molar-refractivity contribution is 5.79. The molecule has 0 unspecified atom stereocenters. The van der Waals surface area contributed by atoms with Gasteiger partial charge in [-0.05, 0) is 36.2 Å². The van der Waals surface area contributed by atoms with E-state index in [4.69, 9.17) is 5.73 Å². The van der Waals surface area contributed by atoms with Gasteiger partial charge < -0.3 is 10.6 Å². The van der Waals surface area contributed by atoms with Crippen molar-refractivity contribution in [3.05, 3.63) is 29.8 Å². The molecule has 0 radical (unpaired) electrons. The summed E-state index contributed by atoms with van der Waals surface area (Å²) in [6.07, 6.45) is 1.73. The minimum atomic E-state index is -0.357. The topological polar surface area (TPSA) is 121 Å². The average Bonchev–Trinajstić information content (AvgIpc) is 3.15. The predicted octanol–water partition coefficient (Wildman–Crippen LogP) is 0.0224. The number of likely N-dealkylation sites (tertiary alicyclic amines) is 1. The molecule has 1 aromatic carbocycles. The number of amides is 2. The maximum Gasteiger partial charge on any atom is 0.231 e. The molecule has 138 valence electrons. The lowest BCUT2D eigenvalue weighted by atomic mass is 9.96. The average molecular weight is 357 g/mol. The molecule has 1 atom stereocenters. The summed E-state index contributed by atoms with van der Waals surface area (Å²) >= 11 is 0. The van der Waals surface area contributed by atoms with Gasteiger partial charge in [-0.3, -0.25) is 14.5 Å². The number of piperidine rings is 1. The van der Waals surface area contributed by atoms with E-state index in [1.54, 1.807) is 11.9 Å². The summed E-state index contributed by atoms with van der Waals surface area (Å²) in [5.74, 6) is 0.151. The van der Waals surface area contributed by atoms with Crippen molar-refractivity contribution in [2.75, 3.05) is 26.7 Å². The van der Waals surface area contributed by atoms with Crippen molar-refractivity contribution in [3.63, 3.8) is 0 Å². The van der Waals surface area contributed by atoms with Gasteiger partial charge in [0.25, 0.3) is 0 Å². The lowest BCUT2D eigenvalue weighted by molar-refractivity contribution is -0.137. The molecule has 1 saturated heterocycles. The number of aromatic nitrogens is 4. The molecule has 3 N–H and O–H groups in total. The van der Waals surface area contributed by atoms with Crippen LogP contribution < -0.4 is 5.73 Å². The second-order valence-corrected chi connectivity index (χ2v) is 6.67. The summed E-state index contributed by atoms with van der Waals surface area (Å²) in [6, 6.07) is 7.73. The fourth-order valence-electron chi connectivity index (χ4n) is 3.38. The van der Waals surface area contributed by atoms with E-state index in [0.717, 1.165) is 30.5 Å². The van der Waals surface area contributed by atoms with E-state index in [2.05, 4.69) is 20.6 Å². The first-order valence-corrected chi connectivity index (χ1v) is 8.61. The Balaban J connectivity index is 1.62. The quantitative estimate of drug-likeness (QED) is 0.752. The van der Waals surface area contributed by atoms with Crippen LogP contribution in [-0.4, -0.2) is 68.9 Å². The largest absolute Gasteiger partial charge is 0.369 e. The number of benzene rings is 1. The number of primary amides is 1. The van der Waals surface area contributed by atoms with Gasteiger partial charge in [0, 0.05) is 25.7 Å². The van der Waals surface area contributed by atoms with Crippen LogP contribution in [0.5, 0.6) is 0 Å². The van der Waals surface area contributed by atoms with Gasteiger partial charge in [0.2, 0.25) is 17.6 Å². The summed E-state index contributed by atoms with van der Waals surface area (Å²) in [6.45, 7) is 2.09. The van der Waals surface area contributed by atoms with Gasteiger partial charge in [0.15, 0.2) is 0 Å². The molecule has 1 aromatic heterocycles. The fraction of sp³-hybridized carbons (Fsp3) is 0.471. The van der Waals surface area contributed by atoms with Gasteiger partial charge in [0.1, 0.15) is 0 Å². The van der Waals surface area contributed by atoms with Crippen LogP contribution >= 0.6 is 0 Å². The molecule has 2 heterocycles. The Morgan fingerprint density at radius 3 is 3.00 bits per heavy atom. The van der Waals surface area contributed by atoms with Gasteiger partial charge in [-0.1, -0.05) is 18.2 Å². The summed E-state index contributed by atoms with van der Waals surface area (Å²) in [5, 5.41) is 14.0. The second kappa shape index (κ2) is 8.05. The minimum Gasteiger partial charge on any atom is -0.369 e. The number of aromatic amines is 1. The molecule has 3 rings (SSSR count). The molecule has 0 saturated carbocycles. The lowest BCUT2D eigenvalue weighted by Crippen LogP contribution is -2.46.